The lowest BCUT2D eigenvalue weighted by Crippen LogP contribution is -2.28. The molecule has 30 heavy (non-hydrogen) atoms. The van der Waals surface area contributed by atoms with Gasteiger partial charge >= 0.3 is 0 Å². The van der Waals surface area contributed by atoms with Crippen molar-refractivity contribution in [3.8, 4) is 16.9 Å². The van der Waals surface area contributed by atoms with E-state index in [1.54, 1.807) is 0 Å². The Morgan fingerprint density at radius 1 is 0.967 bits per heavy atom. The zero-order valence-corrected chi connectivity index (χ0v) is 16.8. The highest BCUT2D eigenvalue weighted by molar-refractivity contribution is 5.84. The molecule has 0 radical (unpaired) electrons. The summed E-state index contributed by atoms with van der Waals surface area (Å²) in [5.41, 5.74) is 7.40. The average molecular weight is 400 g/mol. The first-order chi connectivity index (χ1) is 14.7. The number of anilines is 1. The zero-order chi connectivity index (χ0) is 20.7. The van der Waals surface area contributed by atoms with E-state index in [9.17, 15) is 4.79 Å². The van der Waals surface area contributed by atoms with Crippen LogP contribution in [0.1, 0.15) is 23.0 Å². The van der Waals surface area contributed by atoms with Gasteiger partial charge in [-0.1, -0.05) is 60.7 Å². The van der Waals surface area contributed by atoms with E-state index in [-0.39, 0.29) is 23.7 Å². The first kappa shape index (κ1) is 18.7. The van der Waals surface area contributed by atoms with Crippen LogP contribution < -0.4 is 15.1 Å². The third-order valence-corrected chi connectivity index (χ3v) is 6.30. The van der Waals surface area contributed by atoms with Crippen LogP contribution >= 0.6 is 0 Å². The van der Waals surface area contributed by atoms with Gasteiger partial charge in [-0.2, -0.15) is 0 Å². The molecule has 5 rings (SSSR count). The number of carbonyl (C=O) groups is 1. The lowest BCUT2D eigenvalue weighted by molar-refractivity contribution is -0.130. The van der Waals surface area contributed by atoms with Crippen molar-refractivity contribution in [2.24, 2.45) is 5.92 Å². The van der Waals surface area contributed by atoms with Gasteiger partial charge in [0.2, 0.25) is 5.91 Å². The van der Waals surface area contributed by atoms with Gasteiger partial charge in [0.05, 0.1) is 18.2 Å². The minimum Gasteiger partial charge on any atom is -0.490 e. The molecule has 3 atom stereocenters. The van der Waals surface area contributed by atoms with E-state index in [0.717, 1.165) is 40.2 Å². The molecule has 1 saturated carbocycles. The van der Waals surface area contributed by atoms with Crippen molar-refractivity contribution in [2.75, 3.05) is 25.1 Å². The largest absolute Gasteiger partial charge is 0.490 e. The minimum absolute atomic E-state index is 0.0640. The Labute approximate surface area is 175 Å². The van der Waals surface area contributed by atoms with Gasteiger partial charge in [-0.05, 0) is 34.4 Å². The molecule has 2 N–H and O–H groups in total. The van der Waals surface area contributed by atoms with Gasteiger partial charge in [0.25, 0.3) is 0 Å². The maximum absolute atomic E-state index is 12.2. The van der Waals surface area contributed by atoms with Gasteiger partial charge in [-0.15, -0.1) is 0 Å². The molecule has 1 heterocycles. The monoisotopic (exact) mass is 400 g/mol. The maximum Gasteiger partial charge on any atom is 0.247 e. The van der Waals surface area contributed by atoms with Crippen molar-refractivity contribution in [3.63, 3.8) is 0 Å². The van der Waals surface area contributed by atoms with Crippen molar-refractivity contribution in [2.45, 2.75) is 11.8 Å². The molecule has 5 heteroatoms. The fourth-order valence-electron chi connectivity index (χ4n) is 4.65. The molecule has 0 saturated heterocycles. The lowest BCUT2D eigenvalue weighted by Gasteiger charge is -2.28. The Balaban J connectivity index is 1.41. The van der Waals surface area contributed by atoms with Crippen molar-refractivity contribution in [1.29, 1.82) is 0 Å². The van der Waals surface area contributed by atoms with Crippen LogP contribution in [0.5, 0.6) is 5.75 Å². The summed E-state index contributed by atoms with van der Waals surface area (Å²) >= 11 is 0. The highest BCUT2D eigenvalue weighted by Crippen LogP contribution is 2.60. The van der Waals surface area contributed by atoms with Crippen molar-refractivity contribution in [1.82, 2.24) is 5.48 Å². The van der Waals surface area contributed by atoms with E-state index in [1.165, 1.54) is 0 Å². The van der Waals surface area contributed by atoms with Crippen LogP contribution in [0.15, 0.2) is 72.8 Å². The fraction of sp³-hybridized carbons (Fsp3) is 0.240. The predicted molar refractivity (Wildman–Crippen MR) is 116 cm³/mol. The summed E-state index contributed by atoms with van der Waals surface area (Å²) < 4.78 is 5.83. The number of likely N-dealkylation sites (N-methyl/N-ethyl adjacent to an activating group) is 1. The number of fused-ring (bicyclic) bond motifs is 1. The van der Waals surface area contributed by atoms with E-state index in [0.29, 0.717) is 6.61 Å². The number of hydroxylamine groups is 1. The van der Waals surface area contributed by atoms with E-state index in [2.05, 4.69) is 54.4 Å². The van der Waals surface area contributed by atoms with E-state index < -0.39 is 0 Å². The molecule has 2 aliphatic rings. The molecule has 0 spiro atoms. The Bertz CT molecular complexity index is 1070. The first-order valence-electron chi connectivity index (χ1n) is 10.2. The van der Waals surface area contributed by atoms with Gasteiger partial charge in [0.1, 0.15) is 12.4 Å². The molecule has 3 aromatic carbocycles. The normalized spacial score (nSPS) is 22.1. The SMILES string of the molecule is CN1CCOc2cc(-c3ccc(C4C(C(=O)NO)C4c4ccccc4)cc3)ccc21. The van der Waals surface area contributed by atoms with Gasteiger partial charge in [0.15, 0.2) is 0 Å². The predicted octanol–water partition coefficient (Wildman–Crippen LogP) is 4.18. The Morgan fingerprint density at radius 2 is 1.63 bits per heavy atom. The number of carbonyl (C=O) groups excluding carboxylic acids is 1. The molecule has 3 aromatic rings. The highest BCUT2D eigenvalue weighted by atomic mass is 16.5. The second kappa shape index (κ2) is 7.50. The Hall–Kier alpha value is -3.31. The topological polar surface area (TPSA) is 61.8 Å². The molecule has 152 valence electrons. The molecule has 1 amide bonds. The zero-order valence-electron chi connectivity index (χ0n) is 16.8. The summed E-state index contributed by atoms with van der Waals surface area (Å²) in [6, 6.07) is 24.7. The molecule has 3 unspecified atom stereocenters. The molecule has 1 fully saturated rings. The van der Waals surface area contributed by atoms with Crippen molar-refractivity contribution >= 4 is 11.6 Å². The number of nitrogens with zero attached hydrogens (tertiary/aromatic N) is 1. The molecule has 0 aromatic heterocycles. The van der Waals surface area contributed by atoms with Crippen LogP contribution in [0.4, 0.5) is 5.69 Å². The summed E-state index contributed by atoms with van der Waals surface area (Å²) in [7, 11) is 2.08. The second-order valence-electron chi connectivity index (χ2n) is 8.04. The number of ether oxygens (including phenoxy) is 1. The average Bonchev–Trinajstić information content (AvgIpc) is 3.55. The fourth-order valence-corrected chi connectivity index (χ4v) is 4.65. The van der Waals surface area contributed by atoms with Gasteiger partial charge in [-0.25, -0.2) is 5.48 Å². The van der Waals surface area contributed by atoms with Crippen LogP contribution in [0, 0.1) is 5.92 Å². The third kappa shape index (κ3) is 3.21. The van der Waals surface area contributed by atoms with E-state index in [4.69, 9.17) is 9.94 Å². The number of hydrogen-bond donors (Lipinski definition) is 2. The molecule has 5 nitrogen and oxygen atoms in total. The summed E-state index contributed by atoms with van der Waals surface area (Å²) in [4.78, 5) is 14.4. The van der Waals surface area contributed by atoms with Gasteiger partial charge < -0.3 is 9.64 Å². The van der Waals surface area contributed by atoms with Gasteiger partial charge in [0, 0.05) is 18.9 Å². The van der Waals surface area contributed by atoms with Crippen molar-refractivity contribution in [3.05, 3.63) is 83.9 Å². The first-order valence-corrected chi connectivity index (χ1v) is 10.2. The second-order valence-corrected chi connectivity index (χ2v) is 8.04. The van der Waals surface area contributed by atoms with Crippen LogP contribution in [-0.2, 0) is 4.79 Å². The summed E-state index contributed by atoms with van der Waals surface area (Å²) in [5, 5.41) is 9.17. The summed E-state index contributed by atoms with van der Waals surface area (Å²) in [6.45, 7) is 1.59. The Morgan fingerprint density at radius 3 is 2.33 bits per heavy atom. The number of amides is 1. The minimum atomic E-state index is -0.325. The van der Waals surface area contributed by atoms with Crippen molar-refractivity contribution < 1.29 is 14.7 Å². The van der Waals surface area contributed by atoms with Gasteiger partial charge in [-0.3, -0.25) is 10.0 Å². The quantitative estimate of drug-likeness (QED) is 0.509. The molecular formula is C25H24N2O3. The molecular weight excluding hydrogens is 376 g/mol. The third-order valence-electron chi connectivity index (χ3n) is 6.30. The highest BCUT2D eigenvalue weighted by Gasteiger charge is 2.56. The lowest BCUT2D eigenvalue weighted by atomic mass is 9.99. The van der Waals surface area contributed by atoms with Crippen LogP contribution in [0.2, 0.25) is 0 Å². The van der Waals surface area contributed by atoms with Crippen LogP contribution in [0.25, 0.3) is 11.1 Å². The van der Waals surface area contributed by atoms with E-state index >= 15 is 0 Å². The standard InChI is InChI=1S/C25H24N2O3/c1-27-13-14-30-21-15-19(11-12-20(21)27)16-7-9-18(10-8-16)23-22(24(23)25(28)26-29)17-5-3-2-4-6-17/h2-12,15,22-24,29H,13-14H2,1H3,(H,26,28). The smallest absolute Gasteiger partial charge is 0.247 e. The number of benzene rings is 3. The molecule has 1 aliphatic carbocycles. The number of nitrogens with one attached hydrogen (secondary N) is 1. The number of rotatable bonds is 4. The molecule has 1 aliphatic heterocycles. The maximum atomic E-state index is 12.2. The summed E-state index contributed by atoms with van der Waals surface area (Å²) in [6.07, 6.45) is 0. The van der Waals surface area contributed by atoms with Crippen LogP contribution in [-0.4, -0.2) is 31.3 Å². The van der Waals surface area contributed by atoms with Crippen LogP contribution in [0.3, 0.4) is 0 Å². The number of hydrogen-bond acceptors (Lipinski definition) is 4. The Kier molecular flexibility index (Phi) is 4.68. The molecule has 0 bridgehead atoms. The van der Waals surface area contributed by atoms with E-state index in [1.807, 2.05) is 35.8 Å². The summed E-state index contributed by atoms with van der Waals surface area (Å²) in [5.74, 6) is 0.479.